The van der Waals surface area contributed by atoms with E-state index in [-0.39, 0.29) is 39.7 Å². The molecule has 0 atom stereocenters. The van der Waals surface area contributed by atoms with Gasteiger partial charge < -0.3 is 50.5 Å². The Bertz CT molecular complexity index is 2600. The second-order valence-corrected chi connectivity index (χ2v) is 25.3. The Labute approximate surface area is 354 Å². The summed E-state index contributed by atoms with van der Waals surface area (Å²) in [6, 6.07) is 33.5. The first-order chi connectivity index (χ1) is 25.4. The Kier molecular flexibility index (Phi) is 15.1. The van der Waals surface area contributed by atoms with Crippen molar-refractivity contribution in [2.45, 2.75) is 55.1 Å². The predicted molar refractivity (Wildman–Crippen MR) is 222 cm³/mol. The van der Waals surface area contributed by atoms with Gasteiger partial charge in [-0.3, -0.25) is 0 Å². The van der Waals surface area contributed by atoms with E-state index in [9.17, 15) is 33.7 Å². The third kappa shape index (κ3) is 10.3. The second-order valence-electron chi connectivity index (χ2n) is 12.1. The summed E-state index contributed by atoms with van der Waals surface area (Å²) in [5, 5.41) is 3.03. The van der Waals surface area contributed by atoms with E-state index in [1.54, 1.807) is 72.8 Å². The molecule has 0 bridgehead atoms. The molecular formula is C38H32CuO8S8-4. The molecule has 1 radical (unpaired) electrons. The molecule has 55 heavy (non-hydrogen) atoms. The van der Waals surface area contributed by atoms with E-state index >= 15 is 0 Å². The van der Waals surface area contributed by atoms with Crippen LogP contribution in [0.4, 0.5) is 0 Å². The zero-order valence-electron chi connectivity index (χ0n) is 28.6. The smallest absolute Gasteiger partial charge is 0.282 e. The molecule has 0 aliphatic heterocycles. The monoisotopic (exact) mass is 935 g/mol. The fourth-order valence-electron chi connectivity index (χ4n) is 5.55. The summed E-state index contributed by atoms with van der Waals surface area (Å²) in [7, 11) is -17.7. The fourth-order valence-corrected chi connectivity index (χ4v) is 13.9. The van der Waals surface area contributed by atoms with E-state index in [1.165, 1.54) is 24.3 Å². The van der Waals surface area contributed by atoms with Crippen LogP contribution < -0.4 is 0 Å². The summed E-state index contributed by atoms with van der Waals surface area (Å²) in [5.74, 6) is -0.947. The van der Waals surface area contributed by atoms with Crippen LogP contribution in [0.2, 0.25) is 0 Å². The van der Waals surface area contributed by atoms with Crippen LogP contribution in [0.3, 0.4) is 0 Å². The van der Waals surface area contributed by atoms with E-state index in [2.05, 4.69) is 0 Å². The van der Waals surface area contributed by atoms with Crippen LogP contribution in [0.1, 0.15) is 24.0 Å². The van der Waals surface area contributed by atoms with Crippen LogP contribution in [0.15, 0.2) is 151 Å². The van der Waals surface area contributed by atoms with Gasteiger partial charge in [0.25, 0.3) is 35.5 Å². The van der Waals surface area contributed by atoms with Crippen LogP contribution in [-0.2, 0) is 116 Å². The zero-order valence-corrected chi connectivity index (χ0v) is 36.1. The van der Waals surface area contributed by atoms with Gasteiger partial charge in [-0.2, -0.15) is 19.6 Å². The molecule has 17 heteroatoms. The minimum absolute atomic E-state index is 0. The van der Waals surface area contributed by atoms with Crippen LogP contribution in [0.25, 0.3) is 21.5 Å². The maximum absolute atomic E-state index is 12.6. The predicted octanol–water partition coefficient (Wildman–Crippen LogP) is 6.77. The Morgan fingerprint density at radius 2 is 0.745 bits per heavy atom. The number of rotatable bonds is 12. The van der Waals surface area contributed by atoms with Gasteiger partial charge in [0, 0.05) is 17.1 Å². The quantitative estimate of drug-likeness (QED) is 0.0728. The number of hydrogen-bond acceptors (Lipinski definition) is 12. The normalized spacial score (nSPS) is 12.1. The van der Waals surface area contributed by atoms with Crippen molar-refractivity contribution in [1.82, 2.24) is 0 Å². The number of aryl methyl sites for hydroxylation is 2. The van der Waals surface area contributed by atoms with Crippen LogP contribution in [0, 0.1) is 0 Å². The van der Waals surface area contributed by atoms with Crippen molar-refractivity contribution in [3.05, 3.63) is 132 Å². The molecule has 0 saturated heterocycles. The summed E-state index contributed by atoms with van der Waals surface area (Å²) >= 11 is 20.7. The van der Waals surface area contributed by atoms with E-state index in [0.29, 0.717) is 43.2 Å². The molecule has 8 nitrogen and oxygen atoms in total. The average molecular weight is 937 g/mol. The van der Waals surface area contributed by atoms with Gasteiger partial charge in [-0.25, -0.2) is 33.7 Å². The number of hydrogen-bond donors (Lipinski definition) is 0. The Balaban J connectivity index is 0.000000240. The first-order valence-electron chi connectivity index (χ1n) is 16.3. The molecule has 295 valence electrons. The molecule has 0 amide bonds. The topological polar surface area (TPSA) is 137 Å². The van der Waals surface area contributed by atoms with Gasteiger partial charge >= 0.3 is 0 Å². The Morgan fingerprint density at radius 3 is 1.11 bits per heavy atom. The molecule has 6 aromatic carbocycles. The Hall–Kier alpha value is -2.96. The van der Waals surface area contributed by atoms with Crippen LogP contribution in [0.5, 0.6) is 0 Å². The molecular weight excluding hydrogens is 904 g/mol. The van der Waals surface area contributed by atoms with Gasteiger partial charge in [-0.15, -0.1) is 0 Å². The molecule has 0 aromatic heterocycles. The zero-order chi connectivity index (χ0) is 39.3. The molecule has 0 spiro atoms. The van der Waals surface area contributed by atoms with Crippen molar-refractivity contribution < 1.29 is 50.7 Å². The summed E-state index contributed by atoms with van der Waals surface area (Å²) in [6.45, 7) is 0. The minimum atomic E-state index is -4.48. The minimum Gasteiger partial charge on any atom is -0.781 e. The first kappa shape index (κ1) is 44.8. The Morgan fingerprint density at radius 1 is 0.400 bits per heavy atom. The molecule has 0 aliphatic carbocycles. The second kappa shape index (κ2) is 18.5. The van der Waals surface area contributed by atoms with E-state index < -0.39 is 47.0 Å². The van der Waals surface area contributed by atoms with Crippen molar-refractivity contribution in [3.8, 4) is 0 Å². The average Bonchev–Trinajstić information content (AvgIpc) is 3.14. The maximum Gasteiger partial charge on any atom is 0.282 e. The third-order valence-electron chi connectivity index (χ3n) is 8.49. The molecule has 6 rings (SSSR count). The SMILES string of the molecule is O=S(=O)(CCCc1cccc([S-])c1[S-])S(=O)(=O)c1ccc2ccccc2c1.O=S(=O)(CCCc1cccc([S-])c1[S-])S(=O)(=O)c1ccc2ccccc2c1.[Cu]. The molecule has 0 N–H and O–H groups in total. The van der Waals surface area contributed by atoms with Crippen molar-refractivity contribution >= 4 is 108 Å². The first-order valence-corrected chi connectivity index (χ1v) is 25.2. The van der Waals surface area contributed by atoms with Crippen LogP contribution >= 0.6 is 0 Å². The largest absolute Gasteiger partial charge is 0.781 e. The molecule has 0 saturated carbocycles. The standard InChI is InChI=1S/2C19H18O4S4.Cu/c2*20-26(21,12-4-8-15-7-3-9-18(24)19(15)25)27(22,23)17-11-10-14-5-1-2-6-16(14)13-17;/h2*1-3,5-7,9-11,13,24-25H,4,8,12H2;/p-4. The van der Waals surface area contributed by atoms with Crippen molar-refractivity contribution in [2.75, 3.05) is 11.5 Å². The van der Waals surface area contributed by atoms with Crippen molar-refractivity contribution in [1.29, 1.82) is 0 Å². The van der Waals surface area contributed by atoms with E-state index in [4.69, 9.17) is 50.5 Å². The molecule has 0 aliphatic rings. The summed E-state index contributed by atoms with van der Waals surface area (Å²) in [6.07, 6.45) is 1.01. The van der Waals surface area contributed by atoms with Crippen LogP contribution in [-0.4, -0.2) is 45.2 Å². The number of fused-ring (bicyclic) bond motifs is 2. The summed E-state index contributed by atoms with van der Waals surface area (Å²) in [5.41, 5.74) is 1.52. The molecule has 0 fully saturated rings. The third-order valence-corrected chi connectivity index (χ3v) is 21.1. The van der Waals surface area contributed by atoms with Gasteiger partial charge in [-0.1, -0.05) is 108 Å². The van der Waals surface area contributed by atoms with Crippen molar-refractivity contribution in [2.24, 2.45) is 0 Å². The summed E-state index contributed by atoms with van der Waals surface area (Å²) in [4.78, 5) is 1.68. The van der Waals surface area contributed by atoms with Gasteiger partial charge in [0.15, 0.2) is 0 Å². The van der Waals surface area contributed by atoms with E-state index in [0.717, 1.165) is 21.9 Å². The van der Waals surface area contributed by atoms with E-state index in [1.807, 2.05) is 24.3 Å². The summed E-state index contributed by atoms with van der Waals surface area (Å²) < 4.78 is 101. The van der Waals surface area contributed by atoms with Gasteiger partial charge in [0.1, 0.15) is 0 Å². The maximum atomic E-state index is 12.6. The molecule has 0 unspecified atom stereocenters. The number of benzene rings is 6. The molecule has 0 heterocycles. The fraction of sp³-hybridized carbons (Fsp3) is 0.158. The van der Waals surface area contributed by atoms with Gasteiger partial charge in [0.05, 0.1) is 21.3 Å². The molecule has 6 aromatic rings. The van der Waals surface area contributed by atoms with Crippen molar-refractivity contribution in [3.63, 3.8) is 0 Å². The van der Waals surface area contributed by atoms with Gasteiger partial charge in [0.2, 0.25) is 0 Å². The van der Waals surface area contributed by atoms with Gasteiger partial charge in [-0.05, 0) is 71.5 Å².